The number of carbonyl (C=O) groups excluding carboxylic acids is 1. The minimum Gasteiger partial charge on any atom is -0.493 e. The standard InChI is InChI=1S/C21H25N3O2/c1-23-9-11-24(12-10-23)15-16-2-5-19(6-3-16)22-21(25)18-4-7-20-17(14-18)8-13-26-20/h2-7,14H,8-13,15H2,1H3,(H,22,25). The highest BCUT2D eigenvalue weighted by Gasteiger charge is 2.16. The number of ether oxygens (including phenoxy) is 1. The second-order valence-corrected chi connectivity index (χ2v) is 7.15. The summed E-state index contributed by atoms with van der Waals surface area (Å²) in [6.45, 7) is 6.13. The molecule has 1 saturated heterocycles. The molecule has 0 aliphatic carbocycles. The van der Waals surface area contributed by atoms with Crippen molar-refractivity contribution in [1.82, 2.24) is 9.80 Å². The van der Waals surface area contributed by atoms with E-state index in [0.717, 1.165) is 56.1 Å². The molecule has 0 unspecified atom stereocenters. The Morgan fingerprint density at radius 1 is 1.08 bits per heavy atom. The molecule has 2 aromatic rings. The number of amides is 1. The summed E-state index contributed by atoms with van der Waals surface area (Å²) in [5.74, 6) is 0.821. The second kappa shape index (κ2) is 7.48. The fourth-order valence-electron chi connectivity index (χ4n) is 3.49. The van der Waals surface area contributed by atoms with Crippen molar-refractivity contribution in [3.63, 3.8) is 0 Å². The maximum absolute atomic E-state index is 12.5. The summed E-state index contributed by atoms with van der Waals surface area (Å²) in [5, 5.41) is 2.99. The maximum atomic E-state index is 12.5. The van der Waals surface area contributed by atoms with E-state index in [1.54, 1.807) is 0 Å². The molecule has 2 aliphatic heterocycles. The number of likely N-dealkylation sites (N-methyl/N-ethyl adjacent to an activating group) is 1. The van der Waals surface area contributed by atoms with Gasteiger partial charge < -0.3 is 15.0 Å². The SMILES string of the molecule is CN1CCN(Cc2ccc(NC(=O)c3ccc4c(c3)CCO4)cc2)CC1. The zero-order chi connectivity index (χ0) is 17.9. The van der Waals surface area contributed by atoms with Crippen molar-refractivity contribution >= 4 is 11.6 Å². The molecule has 1 N–H and O–H groups in total. The highest BCUT2D eigenvalue weighted by molar-refractivity contribution is 6.04. The van der Waals surface area contributed by atoms with Crippen LogP contribution in [-0.4, -0.2) is 55.5 Å². The van der Waals surface area contributed by atoms with Gasteiger partial charge in [0.1, 0.15) is 5.75 Å². The molecule has 2 aliphatic rings. The van der Waals surface area contributed by atoms with E-state index in [1.807, 2.05) is 30.3 Å². The lowest BCUT2D eigenvalue weighted by Crippen LogP contribution is -2.43. The Hall–Kier alpha value is -2.37. The Labute approximate surface area is 154 Å². The van der Waals surface area contributed by atoms with Crippen LogP contribution in [-0.2, 0) is 13.0 Å². The smallest absolute Gasteiger partial charge is 0.255 e. The van der Waals surface area contributed by atoms with Crippen molar-refractivity contribution in [1.29, 1.82) is 0 Å². The van der Waals surface area contributed by atoms with Gasteiger partial charge in [-0.3, -0.25) is 9.69 Å². The van der Waals surface area contributed by atoms with Crippen molar-refractivity contribution in [2.75, 3.05) is 45.2 Å². The second-order valence-electron chi connectivity index (χ2n) is 7.15. The van der Waals surface area contributed by atoms with Gasteiger partial charge in [0.2, 0.25) is 0 Å². The fraction of sp³-hybridized carbons (Fsp3) is 0.381. The molecular weight excluding hydrogens is 326 g/mol. The highest BCUT2D eigenvalue weighted by Crippen LogP contribution is 2.26. The third-order valence-corrected chi connectivity index (χ3v) is 5.17. The van der Waals surface area contributed by atoms with Crippen LogP contribution in [0.15, 0.2) is 42.5 Å². The molecule has 0 radical (unpaired) electrons. The molecule has 1 fully saturated rings. The van der Waals surface area contributed by atoms with Gasteiger partial charge in [-0.25, -0.2) is 0 Å². The predicted octanol–water partition coefficient (Wildman–Crippen LogP) is 2.62. The Morgan fingerprint density at radius 2 is 1.85 bits per heavy atom. The Morgan fingerprint density at radius 3 is 2.62 bits per heavy atom. The number of anilines is 1. The minimum atomic E-state index is -0.0773. The fourth-order valence-corrected chi connectivity index (χ4v) is 3.49. The number of fused-ring (bicyclic) bond motifs is 1. The lowest BCUT2D eigenvalue weighted by Gasteiger charge is -2.32. The van der Waals surface area contributed by atoms with Crippen LogP contribution in [0, 0.1) is 0 Å². The summed E-state index contributed by atoms with van der Waals surface area (Å²) in [7, 11) is 2.17. The largest absolute Gasteiger partial charge is 0.493 e. The molecule has 5 heteroatoms. The first-order valence-electron chi connectivity index (χ1n) is 9.24. The highest BCUT2D eigenvalue weighted by atomic mass is 16.5. The van der Waals surface area contributed by atoms with Gasteiger partial charge in [0.05, 0.1) is 6.61 Å². The molecule has 2 aromatic carbocycles. The number of nitrogens with zero attached hydrogens (tertiary/aromatic N) is 2. The van der Waals surface area contributed by atoms with Crippen molar-refractivity contribution in [2.45, 2.75) is 13.0 Å². The quantitative estimate of drug-likeness (QED) is 0.920. The molecule has 0 spiro atoms. The Balaban J connectivity index is 1.35. The number of hydrogen-bond donors (Lipinski definition) is 1. The van der Waals surface area contributed by atoms with Crippen LogP contribution in [0.4, 0.5) is 5.69 Å². The first-order chi connectivity index (χ1) is 12.7. The van der Waals surface area contributed by atoms with E-state index in [9.17, 15) is 4.79 Å². The van der Waals surface area contributed by atoms with E-state index < -0.39 is 0 Å². The van der Waals surface area contributed by atoms with Crippen LogP contribution >= 0.6 is 0 Å². The summed E-state index contributed by atoms with van der Waals surface area (Å²) in [6.07, 6.45) is 0.872. The molecular formula is C21H25N3O2. The topological polar surface area (TPSA) is 44.8 Å². The molecule has 2 heterocycles. The van der Waals surface area contributed by atoms with E-state index in [-0.39, 0.29) is 5.91 Å². The van der Waals surface area contributed by atoms with Crippen molar-refractivity contribution < 1.29 is 9.53 Å². The van der Waals surface area contributed by atoms with E-state index in [0.29, 0.717) is 12.2 Å². The van der Waals surface area contributed by atoms with Gasteiger partial charge in [0.25, 0.3) is 5.91 Å². The van der Waals surface area contributed by atoms with Gasteiger partial charge in [0.15, 0.2) is 0 Å². The molecule has 1 amide bonds. The van der Waals surface area contributed by atoms with E-state index in [2.05, 4.69) is 34.3 Å². The van der Waals surface area contributed by atoms with Gasteiger partial charge in [-0.15, -0.1) is 0 Å². The average molecular weight is 351 g/mol. The van der Waals surface area contributed by atoms with Crippen molar-refractivity contribution in [2.24, 2.45) is 0 Å². The number of benzene rings is 2. The van der Waals surface area contributed by atoms with Gasteiger partial charge in [-0.1, -0.05) is 12.1 Å². The first-order valence-corrected chi connectivity index (χ1v) is 9.24. The zero-order valence-electron chi connectivity index (χ0n) is 15.2. The van der Waals surface area contributed by atoms with Crippen LogP contribution in [0.5, 0.6) is 5.75 Å². The summed E-state index contributed by atoms with van der Waals surface area (Å²) >= 11 is 0. The number of piperazine rings is 1. The molecule has 136 valence electrons. The third-order valence-electron chi connectivity index (χ3n) is 5.17. The third kappa shape index (κ3) is 3.89. The lowest BCUT2D eigenvalue weighted by molar-refractivity contribution is 0.102. The maximum Gasteiger partial charge on any atom is 0.255 e. The Bertz CT molecular complexity index is 780. The van der Waals surface area contributed by atoms with Crippen LogP contribution in [0.3, 0.4) is 0 Å². The average Bonchev–Trinajstić information content (AvgIpc) is 3.13. The molecule has 0 bridgehead atoms. The van der Waals surface area contributed by atoms with E-state index >= 15 is 0 Å². The zero-order valence-corrected chi connectivity index (χ0v) is 15.2. The summed E-state index contributed by atoms with van der Waals surface area (Å²) < 4.78 is 5.49. The molecule has 0 saturated carbocycles. The van der Waals surface area contributed by atoms with Crippen LogP contribution in [0.2, 0.25) is 0 Å². The predicted molar refractivity (Wildman–Crippen MR) is 103 cm³/mol. The van der Waals surface area contributed by atoms with E-state index in [1.165, 1.54) is 5.56 Å². The number of rotatable bonds is 4. The summed E-state index contributed by atoms with van der Waals surface area (Å²) in [4.78, 5) is 17.3. The molecule has 5 nitrogen and oxygen atoms in total. The van der Waals surface area contributed by atoms with Crippen LogP contribution < -0.4 is 10.1 Å². The lowest BCUT2D eigenvalue weighted by atomic mass is 10.1. The number of carbonyl (C=O) groups is 1. The summed E-state index contributed by atoms with van der Waals surface area (Å²) in [6, 6.07) is 13.8. The minimum absolute atomic E-state index is 0.0773. The van der Waals surface area contributed by atoms with Crippen LogP contribution in [0.25, 0.3) is 0 Å². The van der Waals surface area contributed by atoms with Crippen molar-refractivity contribution in [3.05, 3.63) is 59.2 Å². The van der Waals surface area contributed by atoms with Crippen LogP contribution in [0.1, 0.15) is 21.5 Å². The van der Waals surface area contributed by atoms with Gasteiger partial charge in [0, 0.05) is 50.4 Å². The first kappa shape index (κ1) is 17.1. The Kier molecular flexibility index (Phi) is 4.91. The van der Waals surface area contributed by atoms with Gasteiger partial charge in [-0.05, 0) is 48.5 Å². The summed E-state index contributed by atoms with van der Waals surface area (Å²) in [5.41, 5.74) is 3.90. The molecule has 0 aromatic heterocycles. The van der Waals surface area contributed by atoms with Crippen molar-refractivity contribution in [3.8, 4) is 5.75 Å². The normalized spacial score (nSPS) is 17.6. The molecule has 26 heavy (non-hydrogen) atoms. The number of nitrogens with one attached hydrogen (secondary N) is 1. The van der Waals surface area contributed by atoms with E-state index in [4.69, 9.17) is 4.74 Å². The molecule has 0 atom stereocenters. The molecule has 4 rings (SSSR count). The van der Waals surface area contributed by atoms with Gasteiger partial charge in [-0.2, -0.15) is 0 Å². The monoisotopic (exact) mass is 351 g/mol. The van der Waals surface area contributed by atoms with Gasteiger partial charge >= 0.3 is 0 Å². The number of hydrogen-bond acceptors (Lipinski definition) is 4.